The van der Waals surface area contributed by atoms with E-state index in [9.17, 15) is 0 Å². The first-order valence-electron chi connectivity index (χ1n) is 11.8. The van der Waals surface area contributed by atoms with Crippen LogP contribution in [0, 0.1) is 13.8 Å². The fourth-order valence-corrected chi connectivity index (χ4v) is 4.75. The Hall–Kier alpha value is -4.07. The van der Waals surface area contributed by atoms with Gasteiger partial charge in [-0.3, -0.25) is 0 Å². The Morgan fingerprint density at radius 2 is 1.91 bits per heavy atom. The highest BCUT2D eigenvalue weighted by atomic mass is 19.1. The summed E-state index contributed by atoms with van der Waals surface area (Å²) in [5.74, 6) is 1.72. The third-order valence-electron chi connectivity index (χ3n) is 6.91. The van der Waals surface area contributed by atoms with Crippen LogP contribution in [0.2, 0.25) is 0 Å². The number of nitrogen functional groups attached to an aromatic ring is 1. The Morgan fingerprint density at radius 1 is 1.06 bits per heavy atom. The lowest BCUT2D eigenvalue weighted by molar-refractivity contribution is 0.386. The molecule has 7 nitrogen and oxygen atoms in total. The number of aromatic nitrogens is 5. The van der Waals surface area contributed by atoms with Crippen molar-refractivity contribution in [2.75, 3.05) is 11.1 Å². The molecule has 6 rings (SSSR count). The predicted molar refractivity (Wildman–Crippen MR) is 135 cm³/mol. The molecule has 4 heterocycles. The van der Waals surface area contributed by atoms with E-state index in [1.54, 1.807) is 18.5 Å². The maximum Gasteiger partial charge on any atom is 0.185 e. The van der Waals surface area contributed by atoms with Gasteiger partial charge in [-0.1, -0.05) is 6.07 Å². The molecule has 1 aliphatic rings. The van der Waals surface area contributed by atoms with Crippen molar-refractivity contribution in [2.24, 2.45) is 0 Å². The minimum absolute atomic E-state index is 0.277. The van der Waals surface area contributed by atoms with Crippen molar-refractivity contribution in [1.82, 2.24) is 24.3 Å². The summed E-state index contributed by atoms with van der Waals surface area (Å²) in [5.41, 5.74) is 12.1. The molecule has 0 saturated heterocycles. The van der Waals surface area contributed by atoms with Gasteiger partial charge in [-0.15, -0.1) is 0 Å². The third-order valence-corrected chi connectivity index (χ3v) is 6.91. The van der Waals surface area contributed by atoms with E-state index in [2.05, 4.69) is 57.4 Å². The maximum absolute atomic E-state index is 15.4. The molecule has 0 bridgehead atoms. The second-order valence-corrected chi connectivity index (χ2v) is 9.30. The van der Waals surface area contributed by atoms with E-state index >= 15 is 4.39 Å². The van der Waals surface area contributed by atoms with Gasteiger partial charge >= 0.3 is 0 Å². The van der Waals surface area contributed by atoms with Gasteiger partial charge in [0.1, 0.15) is 23.6 Å². The standard InChI is InChI=1S/C27H26FN7/c1-15-9-20-19(7-8-30-27(20)29)16(2)21(15)11-31-24-10-22(32-14-33-24)26(28)23-13-35-12-18(17-3-4-17)5-6-25(35)34-23/h5-10,12-14,17,26H,3-4,11H2,1-2H3,(H2,29,30)(H,31,32,33). The van der Waals surface area contributed by atoms with Gasteiger partial charge in [-0.05, 0) is 78.4 Å². The molecule has 176 valence electrons. The predicted octanol–water partition coefficient (Wildman–Crippen LogP) is 5.42. The summed E-state index contributed by atoms with van der Waals surface area (Å²) >= 11 is 0. The number of nitrogens with zero attached hydrogens (tertiary/aromatic N) is 5. The van der Waals surface area contributed by atoms with Gasteiger partial charge in [0.05, 0.1) is 11.4 Å². The largest absolute Gasteiger partial charge is 0.383 e. The van der Waals surface area contributed by atoms with E-state index in [1.807, 2.05) is 16.5 Å². The van der Waals surface area contributed by atoms with Gasteiger partial charge in [0.2, 0.25) is 0 Å². The number of imidazole rings is 1. The van der Waals surface area contributed by atoms with E-state index < -0.39 is 6.17 Å². The van der Waals surface area contributed by atoms with E-state index in [4.69, 9.17) is 5.73 Å². The Morgan fingerprint density at radius 3 is 2.74 bits per heavy atom. The molecule has 1 aliphatic carbocycles. The molecule has 0 spiro atoms. The Balaban J connectivity index is 1.24. The van der Waals surface area contributed by atoms with Crippen LogP contribution in [-0.2, 0) is 6.54 Å². The van der Waals surface area contributed by atoms with Crippen LogP contribution in [0.25, 0.3) is 16.4 Å². The Labute approximate surface area is 202 Å². The highest BCUT2D eigenvalue weighted by molar-refractivity contribution is 5.94. The first-order chi connectivity index (χ1) is 17.0. The molecule has 1 fully saturated rings. The number of hydrogen-bond acceptors (Lipinski definition) is 6. The fraction of sp³-hybridized carbons (Fsp3) is 0.259. The zero-order valence-electron chi connectivity index (χ0n) is 19.7. The number of rotatable bonds is 6. The lowest BCUT2D eigenvalue weighted by Crippen LogP contribution is -2.08. The number of benzene rings is 1. The summed E-state index contributed by atoms with van der Waals surface area (Å²) in [6.07, 6.45) is 7.92. The molecule has 4 aromatic heterocycles. The molecular weight excluding hydrogens is 441 g/mol. The van der Waals surface area contributed by atoms with Crippen LogP contribution in [0.5, 0.6) is 0 Å². The molecule has 0 radical (unpaired) electrons. The highest BCUT2D eigenvalue weighted by Gasteiger charge is 2.24. The topological polar surface area (TPSA) is 94.0 Å². The number of alkyl halides is 1. The number of aryl methyl sites for hydroxylation is 2. The summed E-state index contributed by atoms with van der Waals surface area (Å²) in [7, 11) is 0. The van der Waals surface area contributed by atoms with Crippen LogP contribution in [0.4, 0.5) is 16.0 Å². The average molecular weight is 468 g/mol. The van der Waals surface area contributed by atoms with Crippen molar-refractivity contribution in [3.63, 3.8) is 0 Å². The Bertz CT molecular complexity index is 1570. The molecule has 0 amide bonds. The van der Waals surface area contributed by atoms with Crippen molar-refractivity contribution in [3.05, 3.63) is 88.9 Å². The van der Waals surface area contributed by atoms with Gasteiger partial charge in [0, 0.05) is 36.6 Å². The second-order valence-electron chi connectivity index (χ2n) is 9.30. The van der Waals surface area contributed by atoms with Crippen LogP contribution >= 0.6 is 0 Å². The molecule has 1 unspecified atom stereocenters. The first-order valence-corrected chi connectivity index (χ1v) is 11.8. The van der Waals surface area contributed by atoms with Gasteiger partial charge in [-0.25, -0.2) is 24.3 Å². The van der Waals surface area contributed by atoms with Gasteiger partial charge in [0.15, 0.2) is 6.17 Å². The van der Waals surface area contributed by atoms with Gasteiger partial charge in [-0.2, -0.15) is 0 Å². The molecule has 5 aromatic rings. The zero-order valence-corrected chi connectivity index (χ0v) is 19.7. The number of hydrogen-bond donors (Lipinski definition) is 2. The zero-order chi connectivity index (χ0) is 24.1. The van der Waals surface area contributed by atoms with Crippen molar-refractivity contribution in [2.45, 2.75) is 45.3 Å². The monoisotopic (exact) mass is 467 g/mol. The van der Waals surface area contributed by atoms with Crippen LogP contribution < -0.4 is 11.1 Å². The first kappa shape index (κ1) is 21.5. The van der Waals surface area contributed by atoms with Crippen LogP contribution in [0.15, 0.2) is 55.2 Å². The Kier molecular flexibility index (Phi) is 5.09. The molecule has 1 aromatic carbocycles. The maximum atomic E-state index is 15.4. The number of nitrogens with two attached hydrogens (primary N) is 1. The minimum atomic E-state index is -1.44. The van der Waals surface area contributed by atoms with Crippen LogP contribution in [-0.4, -0.2) is 24.3 Å². The van der Waals surface area contributed by atoms with Crippen LogP contribution in [0.3, 0.4) is 0 Å². The van der Waals surface area contributed by atoms with Gasteiger partial charge < -0.3 is 15.5 Å². The van der Waals surface area contributed by atoms with Crippen molar-refractivity contribution < 1.29 is 4.39 Å². The molecule has 3 N–H and O–H groups in total. The second kappa shape index (κ2) is 8.30. The summed E-state index contributed by atoms with van der Waals surface area (Å²) in [5, 5.41) is 5.36. The SMILES string of the molecule is Cc1cc2c(N)nccc2c(C)c1CNc1cc(C(F)c2cn3cc(C4CC4)ccc3n2)ncn1. The summed E-state index contributed by atoms with van der Waals surface area (Å²) in [6.45, 7) is 4.67. The molecule has 8 heteroatoms. The quantitative estimate of drug-likeness (QED) is 0.346. The molecule has 1 saturated carbocycles. The van der Waals surface area contributed by atoms with E-state index in [-0.39, 0.29) is 5.69 Å². The number of anilines is 2. The fourth-order valence-electron chi connectivity index (χ4n) is 4.75. The van der Waals surface area contributed by atoms with Crippen molar-refractivity contribution >= 4 is 28.1 Å². The molecule has 0 aliphatic heterocycles. The smallest absolute Gasteiger partial charge is 0.185 e. The minimum Gasteiger partial charge on any atom is -0.383 e. The third kappa shape index (κ3) is 3.95. The van der Waals surface area contributed by atoms with E-state index in [0.717, 1.165) is 33.1 Å². The molecular formula is C27H26FN7. The van der Waals surface area contributed by atoms with E-state index in [0.29, 0.717) is 29.8 Å². The van der Waals surface area contributed by atoms with Gasteiger partial charge in [0.25, 0.3) is 0 Å². The summed E-state index contributed by atoms with van der Waals surface area (Å²) in [6, 6.07) is 9.73. The normalized spacial score (nSPS) is 14.5. The summed E-state index contributed by atoms with van der Waals surface area (Å²) < 4.78 is 17.4. The summed E-state index contributed by atoms with van der Waals surface area (Å²) in [4.78, 5) is 17.2. The number of halogens is 1. The molecule has 35 heavy (non-hydrogen) atoms. The number of fused-ring (bicyclic) bond motifs is 2. The molecule has 1 atom stereocenters. The number of pyridine rings is 2. The van der Waals surface area contributed by atoms with Crippen molar-refractivity contribution in [3.8, 4) is 0 Å². The average Bonchev–Trinajstić information content (AvgIpc) is 3.63. The lowest BCUT2D eigenvalue weighted by Gasteiger charge is -2.15. The van der Waals surface area contributed by atoms with E-state index in [1.165, 1.54) is 24.7 Å². The lowest BCUT2D eigenvalue weighted by atomic mass is 9.96. The highest BCUT2D eigenvalue weighted by Crippen LogP contribution is 2.40. The van der Waals surface area contributed by atoms with Crippen LogP contribution in [0.1, 0.15) is 58.6 Å². The number of nitrogens with one attached hydrogen (secondary N) is 1. The van der Waals surface area contributed by atoms with Crippen molar-refractivity contribution in [1.29, 1.82) is 0 Å².